The molecule has 1 aromatic heterocycles. The second kappa shape index (κ2) is 72.2. The lowest BCUT2D eigenvalue weighted by molar-refractivity contribution is 0.0536. The van der Waals surface area contributed by atoms with Crippen LogP contribution in [0.5, 0.6) is 17.2 Å². The van der Waals surface area contributed by atoms with Gasteiger partial charge >= 0.3 is 0 Å². The minimum absolute atomic E-state index is 0.0650. The fraction of sp³-hybridized carbons (Fsp3) is 0.362. The maximum absolute atomic E-state index is 9.05. The lowest BCUT2D eigenvalue weighted by atomic mass is 10.0. The molecule has 12 aromatic carbocycles. The third-order valence-corrected chi connectivity index (χ3v) is 21.7. The first-order valence-corrected chi connectivity index (χ1v) is 48.1. The van der Waals surface area contributed by atoms with Crippen molar-refractivity contribution in [3.8, 4) is 34.1 Å². The number of hydrogen-bond donors (Lipinski definition) is 9. The van der Waals surface area contributed by atoms with E-state index in [1.807, 2.05) is 122 Å². The van der Waals surface area contributed by atoms with Crippen LogP contribution in [0.25, 0.3) is 16.8 Å². The molecular formula is C116H159N9O10. The van der Waals surface area contributed by atoms with Gasteiger partial charge in [0.2, 0.25) is 0 Å². The molecule has 1 fully saturated rings. The zero-order valence-corrected chi connectivity index (χ0v) is 83.5. The van der Waals surface area contributed by atoms with E-state index < -0.39 is 6.10 Å². The number of benzene rings is 12. The molecule has 1 atom stereocenters. The van der Waals surface area contributed by atoms with Crippen molar-refractivity contribution < 1.29 is 49.6 Å². The number of aromatic nitrogens is 3. The van der Waals surface area contributed by atoms with Gasteiger partial charge in [0.1, 0.15) is 49.2 Å². The Balaban J connectivity index is 0.000000311. The van der Waals surface area contributed by atoms with Crippen LogP contribution in [-0.4, -0.2) is 172 Å². The van der Waals surface area contributed by atoms with E-state index in [0.29, 0.717) is 32.7 Å². The first-order valence-electron chi connectivity index (χ1n) is 48.1. The number of aryl methyl sites for hydroxylation is 11. The van der Waals surface area contributed by atoms with Crippen molar-refractivity contribution in [2.24, 2.45) is 0 Å². The summed E-state index contributed by atoms with van der Waals surface area (Å²) in [5, 5.41) is 62.2. The van der Waals surface area contributed by atoms with Gasteiger partial charge in [-0.15, -0.1) is 0 Å². The molecule has 19 nitrogen and oxygen atoms in total. The normalized spacial score (nSPS) is 10.9. The molecule has 0 spiro atoms. The average molecular weight is 1840 g/mol. The van der Waals surface area contributed by atoms with E-state index in [0.717, 1.165) is 137 Å². The summed E-state index contributed by atoms with van der Waals surface area (Å²) in [6.45, 7) is 30.1. The lowest BCUT2D eigenvalue weighted by Crippen LogP contribution is -2.36. The van der Waals surface area contributed by atoms with Gasteiger partial charge in [-0.25, -0.2) is 9.67 Å². The van der Waals surface area contributed by atoms with Crippen LogP contribution in [-0.2, 0) is 75.4 Å². The van der Waals surface area contributed by atoms with Crippen LogP contribution in [0.1, 0.15) is 144 Å². The number of aliphatic hydroxyl groups excluding tert-OH is 6. The molecule has 135 heavy (non-hydrogen) atoms. The fourth-order valence-electron chi connectivity index (χ4n) is 12.7. The molecule has 10 N–H and O–H groups in total. The van der Waals surface area contributed by atoms with Crippen LogP contribution in [0.3, 0.4) is 0 Å². The van der Waals surface area contributed by atoms with E-state index in [-0.39, 0.29) is 39.6 Å². The maximum atomic E-state index is 9.05. The zero-order valence-electron chi connectivity index (χ0n) is 83.5. The number of hydrogen-bond acceptors (Lipinski definition) is 18. The highest BCUT2D eigenvalue weighted by atomic mass is 16.5. The number of morpholine rings is 1. The van der Waals surface area contributed by atoms with Gasteiger partial charge in [0.15, 0.2) is 0 Å². The summed E-state index contributed by atoms with van der Waals surface area (Å²) < 4.78 is 22.9. The smallest absolute Gasteiger partial charge is 0.138 e. The van der Waals surface area contributed by atoms with Gasteiger partial charge in [-0.1, -0.05) is 252 Å². The summed E-state index contributed by atoms with van der Waals surface area (Å²) in [6, 6.07) is 102. The largest absolute Gasteiger partial charge is 0.494 e. The molecule has 0 amide bonds. The molecule has 14 rings (SSSR count). The SMILES string of the molecule is CCc1ccc(-c2ccccc2)cc1.CCc1ccc(-n2cncn2)cc1.CCc1ccc(N(C)C)cc1.CCc1ccc(N(C)CCO)cc1.CCc1ccc(N)cc1.CCc1ccc(N2CCOCC2)cc1.CCc1ccc(NC)cc1.CCc1ccc(NCCO)cc1.CCc1ccc(OCC(O)CO)cc1.CCc1ccc(OCCCO)cc1.CCc1ccc(OCCO)cc1. The van der Waals surface area contributed by atoms with E-state index in [9.17, 15) is 0 Å². The van der Waals surface area contributed by atoms with Gasteiger partial charge in [-0.05, 0) is 264 Å². The highest BCUT2D eigenvalue weighted by Gasteiger charge is 2.11. The molecule has 13 aromatic rings. The number of aliphatic hydroxyl groups is 6. The van der Waals surface area contributed by atoms with Gasteiger partial charge < -0.3 is 80.7 Å². The number of rotatable bonds is 33. The van der Waals surface area contributed by atoms with Gasteiger partial charge in [-0.3, -0.25) is 0 Å². The van der Waals surface area contributed by atoms with Crippen molar-refractivity contribution >= 4 is 34.1 Å². The Labute approximate surface area is 809 Å². The standard InChI is InChI=1S/C14H14.C12H17NO.C11H17NO.C11H16O3.C11H16O2.C10H11N3.C10H15NO.C10H15N.C10H14O2.C9H13N.C8H11N/c1-2-12-8-10-14(11-9-12)13-6-4-3-5-7-13;1-2-11-3-5-12(6-4-11)13-7-9-14-10-8-13;1-3-10-4-6-11(7-5-10)12(2)8-9-13;1-2-9-3-5-11(6-4-9)14-8-10(13)7-12;1-2-10-4-6-11(7-5-10)13-9-3-8-12;1-2-9-3-5-10(6-4-9)13-8-11-7-12-13;1-2-9-3-5-10(6-4-9)11-7-8-12;1-4-9-5-7-10(8-6-9)11(2)3;1-2-9-3-5-10(6-4-9)12-8-7-11;1-3-8-4-6-9(10-2)7-5-8;1-2-7-3-5-8(9)6-4-7/h3-11H,2H2,1H3;3-6H,2,7-10H2,1H3;4-7,13H,3,8-9H2,1-2H3;3-6,10,12-13H,2,7-8H2,1H3;4-7,12H,2-3,8-9H2,1H3;3-8H,2H2,1H3;3-6,11-12H,2,7-8H2,1H3;5-8H,4H2,1-3H3;3-6,11H,2,7-8H2,1H3;4-7,10H,3H2,1-2H3;3-6H,2,9H2,1H3. The summed E-state index contributed by atoms with van der Waals surface area (Å²) in [6.07, 6.45) is 15.0. The number of nitrogens with zero attached hydrogens (tertiary/aromatic N) is 6. The van der Waals surface area contributed by atoms with Crippen LogP contribution in [0.15, 0.2) is 310 Å². The summed E-state index contributed by atoms with van der Waals surface area (Å²) in [5.74, 6) is 2.42. The molecule has 2 heterocycles. The van der Waals surface area contributed by atoms with Crippen LogP contribution < -0.4 is 45.3 Å². The molecule has 1 unspecified atom stereocenters. The second-order valence-electron chi connectivity index (χ2n) is 31.7. The average Bonchev–Trinajstić information content (AvgIpc) is 1.75. The summed E-state index contributed by atoms with van der Waals surface area (Å²) in [4.78, 5) is 10.4. The summed E-state index contributed by atoms with van der Waals surface area (Å²) in [5.41, 5.74) is 30.8. The van der Waals surface area contributed by atoms with E-state index in [1.54, 1.807) is 11.0 Å². The first-order chi connectivity index (χ1) is 65.7. The van der Waals surface area contributed by atoms with Crippen LogP contribution in [0, 0.1) is 0 Å². The Morgan fingerprint density at radius 2 is 0.741 bits per heavy atom. The lowest BCUT2D eigenvalue weighted by Gasteiger charge is -2.28. The van der Waals surface area contributed by atoms with Crippen molar-refractivity contribution in [1.29, 1.82) is 0 Å². The molecule has 0 bridgehead atoms. The van der Waals surface area contributed by atoms with Gasteiger partial charge in [0.25, 0.3) is 0 Å². The molecule has 1 aliphatic rings. The minimum Gasteiger partial charge on any atom is -0.494 e. The maximum Gasteiger partial charge on any atom is 0.138 e. The number of ether oxygens (including phenoxy) is 4. The Kier molecular flexibility index (Phi) is 61.5. The highest BCUT2D eigenvalue weighted by Crippen LogP contribution is 2.23. The molecule has 1 saturated heterocycles. The van der Waals surface area contributed by atoms with E-state index >= 15 is 0 Å². The van der Waals surface area contributed by atoms with E-state index in [2.05, 4.69) is 315 Å². The van der Waals surface area contributed by atoms with Crippen LogP contribution >= 0.6 is 0 Å². The predicted molar refractivity (Wildman–Crippen MR) is 570 cm³/mol. The highest BCUT2D eigenvalue weighted by molar-refractivity contribution is 5.63. The Morgan fingerprint density at radius 3 is 1.10 bits per heavy atom. The topological polar surface area (TPSA) is 249 Å². The monoisotopic (exact) mass is 1840 g/mol. The van der Waals surface area contributed by atoms with Crippen LogP contribution in [0.2, 0.25) is 0 Å². The van der Waals surface area contributed by atoms with Gasteiger partial charge in [0, 0.05) is 102 Å². The second-order valence-corrected chi connectivity index (χ2v) is 31.7. The predicted octanol–water partition coefficient (Wildman–Crippen LogP) is 22.2. The van der Waals surface area contributed by atoms with Crippen molar-refractivity contribution in [1.82, 2.24) is 14.8 Å². The van der Waals surface area contributed by atoms with Crippen molar-refractivity contribution in [3.63, 3.8) is 0 Å². The van der Waals surface area contributed by atoms with Gasteiger partial charge in [-0.2, -0.15) is 5.10 Å². The first kappa shape index (κ1) is 115. The third-order valence-electron chi connectivity index (χ3n) is 21.7. The molecule has 0 aliphatic carbocycles. The van der Waals surface area contributed by atoms with Crippen LogP contribution in [0.4, 0.5) is 34.1 Å². The molecular weight excluding hydrogens is 1680 g/mol. The van der Waals surface area contributed by atoms with E-state index in [1.165, 1.54) is 95.7 Å². The number of anilines is 6. The summed E-state index contributed by atoms with van der Waals surface area (Å²) >= 11 is 0. The number of likely N-dealkylation sites (N-methyl/N-ethyl adjacent to an activating group) is 1. The van der Waals surface area contributed by atoms with Gasteiger partial charge in [0.05, 0.1) is 51.9 Å². The molecule has 0 saturated carbocycles. The number of nitrogens with one attached hydrogen (secondary N) is 2. The van der Waals surface area contributed by atoms with Crippen molar-refractivity contribution in [2.45, 2.75) is 159 Å². The van der Waals surface area contributed by atoms with Crippen molar-refractivity contribution in [2.75, 3.05) is 152 Å². The molecule has 0 radical (unpaired) electrons. The summed E-state index contributed by atoms with van der Waals surface area (Å²) in [7, 11) is 8.03. The minimum atomic E-state index is -0.805. The number of nitrogen functional groups attached to an aromatic ring is 1. The third kappa shape index (κ3) is 49.5. The van der Waals surface area contributed by atoms with Crippen molar-refractivity contribution in [3.05, 3.63) is 371 Å². The van der Waals surface area contributed by atoms with E-state index in [4.69, 9.17) is 55.3 Å². The molecule has 728 valence electrons. The Bertz CT molecular complexity index is 4880. The molecule has 1 aliphatic heterocycles. The molecule has 19 heteroatoms. The Hall–Kier alpha value is -12.3. The zero-order chi connectivity index (χ0) is 98.3. The fourth-order valence-corrected chi connectivity index (χ4v) is 12.7. The number of nitrogens with two attached hydrogens (primary N) is 1. The Morgan fingerprint density at radius 1 is 0.385 bits per heavy atom. The quantitative estimate of drug-likeness (QED) is 0.0137.